The second-order valence-electron chi connectivity index (χ2n) is 5.48. The van der Waals surface area contributed by atoms with Crippen molar-refractivity contribution >= 4 is 51.7 Å². The van der Waals surface area contributed by atoms with Crippen LogP contribution < -0.4 is 20.2 Å². The molecule has 27 heavy (non-hydrogen) atoms. The van der Waals surface area contributed by atoms with Gasteiger partial charge in [-0.2, -0.15) is 5.10 Å². The second-order valence-corrected chi connectivity index (χ2v) is 6.25. The number of nitrogens with zero attached hydrogens (tertiary/aromatic N) is 2. The first kappa shape index (κ1) is 18.9. The molecule has 0 fully saturated rings. The first-order valence-corrected chi connectivity index (χ1v) is 8.76. The van der Waals surface area contributed by atoms with Gasteiger partial charge in [0.05, 0.1) is 26.0 Å². The van der Waals surface area contributed by atoms with Crippen molar-refractivity contribution in [2.75, 3.05) is 19.5 Å². The molecule has 0 aliphatic heterocycles. The zero-order valence-electron chi connectivity index (χ0n) is 14.7. The first-order valence-electron chi connectivity index (χ1n) is 7.97. The van der Waals surface area contributed by atoms with Crippen molar-refractivity contribution in [1.29, 1.82) is 0 Å². The quantitative estimate of drug-likeness (QED) is 0.289. The highest BCUT2D eigenvalue weighted by molar-refractivity contribution is 7.80. The van der Waals surface area contributed by atoms with Crippen LogP contribution in [0.3, 0.4) is 0 Å². The van der Waals surface area contributed by atoms with Crippen LogP contribution in [-0.2, 0) is 0 Å². The fraction of sp³-hybridized carbons (Fsp3) is 0.105. The molecule has 0 aliphatic carbocycles. The van der Waals surface area contributed by atoms with Crippen LogP contribution in [0.5, 0.6) is 11.5 Å². The Morgan fingerprint density at radius 3 is 2.48 bits per heavy atom. The molecule has 3 aromatic rings. The van der Waals surface area contributed by atoms with Gasteiger partial charge in [0, 0.05) is 16.6 Å². The monoisotopic (exact) mass is 400 g/mol. The van der Waals surface area contributed by atoms with Gasteiger partial charge in [0.1, 0.15) is 16.7 Å². The Labute approximate surface area is 167 Å². The first-order chi connectivity index (χ1) is 13.1. The lowest BCUT2D eigenvalue weighted by Gasteiger charge is -2.08. The van der Waals surface area contributed by atoms with Gasteiger partial charge in [-0.3, -0.25) is 5.43 Å². The Kier molecular flexibility index (Phi) is 6.05. The van der Waals surface area contributed by atoms with Gasteiger partial charge < -0.3 is 14.8 Å². The standard InChI is InChI=1S/C19H17ClN4O2S/c1-25-15-5-3-14(4-6-15)22-19(27)24-21-11-13-9-12-10-16(26-2)7-8-17(12)23-18(13)20/h3-11H,1-2H3,(H2,22,24,27)/b21-11-. The van der Waals surface area contributed by atoms with Gasteiger partial charge in [0.25, 0.3) is 0 Å². The molecule has 6 nitrogen and oxygen atoms in total. The lowest BCUT2D eigenvalue weighted by Crippen LogP contribution is -2.23. The van der Waals surface area contributed by atoms with E-state index in [1.54, 1.807) is 20.4 Å². The molecule has 0 saturated heterocycles. The van der Waals surface area contributed by atoms with Crippen molar-refractivity contribution in [3.05, 3.63) is 59.2 Å². The summed E-state index contributed by atoms with van der Waals surface area (Å²) in [5.74, 6) is 1.52. The maximum Gasteiger partial charge on any atom is 0.191 e. The number of hydrogen-bond acceptors (Lipinski definition) is 5. The van der Waals surface area contributed by atoms with E-state index in [1.165, 1.54) is 0 Å². The van der Waals surface area contributed by atoms with Crippen molar-refractivity contribution < 1.29 is 9.47 Å². The molecule has 2 aromatic carbocycles. The van der Waals surface area contributed by atoms with Gasteiger partial charge in [-0.25, -0.2) is 4.98 Å². The lowest BCUT2D eigenvalue weighted by molar-refractivity contribution is 0.415. The van der Waals surface area contributed by atoms with Gasteiger partial charge in [-0.1, -0.05) is 11.6 Å². The van der Waals surface area contributed by atoms with Crippen LogP contribution in [0.2, 0.25) is 5.15 Å². The zero-order valence-corrected chi connectivity index (χ0v) is 16.3. The zero-order chi connectivity index (χ0) is 19.2. The van der Waals surface area contributed by atoms with E-state index in [0.717, 1.165) is 28.1 Å². The van der Waals surface area contributed by atoms with Gasteiger partial charge in [0.15, 0.2) is 5.11 Å². The SMILES string of the molecule is COc1ccc(NC(=S)N/N=C\c2cc3cc(OC)ccc3nc2Cl)cc1. The number of rotatable bonds is 5. The lowest BCUT2D eigenvalue weighted by atomic mass is 10.1. The van der Waals surface area contributed by atoms with Crippen molar-refractivity contribution in [1.82, 2.24) is 10.4 Å². The number of aromatic nitrogens is 1. The van der Waals surface area contributed by atoms with Gasteiger partial charge in [-0.15, -0.1) is 0 Å². The topological polar surface area (TPSA) is 67.8 Å². The number of hydrazone groups is 1. The Morgan fingerprint density at radius 1 is 1.07 bits per heavy atom. The Balaban J connectivity index is 1.67. The highest BCUT2D eigenvalue weighted by Crippen LogP contribution is 2.23. The molecule has 0 unspecified atom stereocenters. The van der Waals surface area contributed by atoms with Crippen LogP contribution in [-0.4, -0.2) is 30.5 Å². The molecule has 0 aliphatic rings. The van der Waals surface area contributed by atoms with Crippen molar-refractivity contribution in [2.45, 2.75) is 0 Å². The molecule has 1 aromatic heterocycles. The van der Waals surface area contributed by atoms with E-state index in [0.29, 0.717) is 15.8 Å². The predicted molar refractivity (Wildman–Crippen MR) is 113 cm³/mol. The third-order valence-corrected chi connectivity index (χ3v) is 4.22. The van der Waals surface area contributed by atoms with Crippen molar-refractivity contribution in [3.8, 4) is 11.5 Å². The predicted octanol–water partition coefficient (Wildman–Crippen LogP) is 4.23. The summed E-state index contributed by atoms with van der Waals surface area (Å²) in [4.78, 5) is 4.36. The Hall–Kier alpha value is -2.90. The molecule has 8 heteroatoms. The number of anilines is 1. The maximum absolute atomic E-state index is 6.23. The minimum absolute atomic E-state index is 0.350. The molecule has 1 heterocycles. The van der Waals surface area contributed by atoms with E-state index in [-0.39, 0.29) is 0 Å². The third-order valence-electron chi connectivity index (χ3n) is 3.72. The Morgan fingerprint density at radius 2 is 1.78 bits per heavy atom. The highest BCUT2D eigenvalue weighted by Gasteiger charge is 2.05. The van der Waals surface area contributed by atoms with Crippen LogP contribution >= 0.6 is 23.8 Å². The Bertz CT molecular complexity index is 993. The van der Waals surface area contributed by atoms with Gasteiger partial charge in [0.2, 0.25) is 0 Å². The number of hydrogen-bond donors (Lipinski definition) is 2. The summed E-state index contributed by atoms with van der Waals surface area (Å²) in [5, 5.41) is 8.75. The number of ether oxygens (including phenoxy) is 2. The minimum Gasteiger partial charge on any atom is -0.497 e. The summed E-state index contributed by atoms with van der Waals surface area (Å²) in [6.45, 7) is 0. The average Bonchev–Trinajstić information content (AvgIpc) is 2.68. The van der Waals surface area contributed by atoms with Crippen molar-refractivity contribution in [2.24, 2.45) is 5.10 Å². The molecule has 0 bridgehead atoms. The molecule has 0 atom stereocenters. The minimum atomic E-state index is 0.350. The van der Waals surface area contributed by atoms with Crippen LogP contribution in [0.4, 0.5) is 5.69 Å². The van der Waals surface area contributed by atoms with Crippen molar-refractivity contribution in [3.63, 3.8) is 0 Å². The number of halogens is 1. The fourth-order valence-corrected chi connectivity index (χ4v) is 2.72. The summed E-state index contributed by atoms with van der Waals surface area (Å²) in [7, 11) is 3.24. The van der Waals surface area contributed by atoms with Crippen LogP contribution in [0, 0.1) is 0 Å². The molecule has 0 spiro atoms. The summed E-state index contributed by atoms with van der Waals surface area (Å²) < 4.78 is 10.4. The van der Waals surface area contributed by atoms with E-state index < -0.39 is 0 Å². The average molecular weight is 401 g/mol. The number of thiocarbonyl (C=S) groups is 1. The van der Waals surface area contributed by atoms with Crippen LogP contribution in [0.15, 0.2) is 53.6 Å². The number of methoxy groups -OCH3 is 2. The molecule has 2 N–H and O–H groups in total. The van der Waals surface area contributed by atoms with Gasteiger partial charge in [-0.05, 0) is 60.7 Å². The second kappa shape index (κ2) is 8.66. The van der Waals surface area contributed by atoms with E-state index in [2.05, 4.69) is 20.8 Å². The van der Waals surface area contributed by atoms with E-state index >= 15 is 0 Å². The summed E-state index contributed by atoms with van der Waals surface area (Å²) in [5.41, 5.74) is 5.02. The van der Waals surface area contributed by atoms with Gasteiger partial charge >= 0.3 is 0 Å². The molecule has 138 valence electrons. The summed E-state index contributed by atoms with van der Waals surface area (Å²) >= 11 is 11.5. The third kappa shape index (κ3) is 4.84. The molecular formula is C19H17ClN4O2S. The van der Waals surface area contributed by atoms with E-state index in [4.69, 9.17) is 33.3 Å². The maximum atomic E-state index is 6.23. The highest BCUT2D eigenvalue weighted by atomic mass is 35.5. The number of nitrogens with one attached hydrogen (secondary N) is 2. The van der Waals surface area contributed by atoms with Crippen LogP contribution in [0.25, 0.3) is 10.9 Å². The molecule has 0 amide bonds. The van der Waals surface area contributed by atoms with E-state index in [9.17, 15) is 0 Å². The fourth-order valence-electron chi connectivity index (χ4n) is 2.36. The smallest absolute Gasteiger partial charge is 0.191 e. The largest absolute Gasteiger partial charge is 0.497 e. The molecular weight excluding hydrogens is 384 g/mol. The number of fused-ring (bicyclic) bond motifs is 1. The van der Waals surface area contributed by atoms with E-state index in [1.807, 2.05) is 48.5 Å². The summed E-state index contributed by atoms with van der Waals surface area (Å²) in [6.07, 6.45) is 1.57. The molecule has 0 radical (unpaired) electrons. The molecule has 0 saturated carbocycles. The van der Waals surface area contributed by atoms with Crippen LogP contribution in [0.1, 0.15) is 5.56 Å². The number of benzene rings is 2. The summed E-state index contributed by atoms with van der Waals surface area (Å²) in [6, 6.07) is 14.9. The molecule has 3 rings (SSSR count). The number of pyridine rings is 1. The normalized spacial score (nSPS) is 10.8.